The van der Waals surface area contributed by atoms with Crippen molar-refractivity contribution in [3.8, 4) is 5.75 Å². The standard InChI is InChI=1S/C13H17NO4S/c15-9-11-2-1-6-14(11)19(16,17)12-3-4-13-10(8-12)5-7-18-13/h3-4,8,11,15H,1-2,5-7,9H2/t11-/m1/s1. The summed E-state index contributed by atoms with van der Waals surface area (Å²) in [4.78, 5) is 0.303. The Morgan fingerprint density at radius 1 is 1.42 bits per heavy atom. The topological polar surface area (TPSA) is 66.8 Å². The van der Waals surface area contributed by atoms with E-state index < -0.39 is 10.0 Å². The Morgan fingerprint density at radius 2 is 2.26 bits per heavy atom. The third-order valence-electron chi connectivity index (χ3n) is 3.80. The van der Waals surface area contributed by atoms with Crippen molar-refractivity contribution in [2.24, 2.45) is 0 Å². The SMILES string of the molecule is O=S(=O)(c1ccc2c(c1)CCO2)N1CCC[C@@H]1CO. The van der Waals surface area contributed by atoms with Crippen LogP contribution in [0.5, 0.6) is 5.75 Å². The quantitative estimate of drug-likeness (QED) is 0.889. The van der Waals surface area contributed by atoms with Crippen LogP contribution in [0.1, 0.15) is 18.4 Å². The summed E-state index contributed by atoms with van der Waals surface area (Å²) in [6.07, 6.45) is 2.28. The molecule has 104 valence electrons. The molecule has 1 N–H and O–H groups in total. The molecular weight excluding hydrogens is 266 g/mol. The summed E-state index contributed by atoms with van der Waals surface area (Å²) < 4.78 is 32.0. The maximum absolute atomic E-state index is 12.6. The van der Waals surface area contributed by atoms with Gasteiger partial charge < -0.3 is 9.84 Å². The molecule has 0 unspecified atom stereocenters. The maximum atomic E-state index is 12.6. The van der Waals surface area contributed by atoms with E-state index >= 15 is 0 Å². The minimum atomic E-state index is -3.50. The molecule has 0 bridgehead atoms. The third-order valence-corrected chi connectivity index (χ3v) is 5.75. The predicted octanol–water partition coefficient (Wildman–Crippen LogP) is 0.767. The van der Waals surface area contributed by atoms with E-state index in [1.165, 1.54) is 4.31 Å². The first-order chi connectivity index (χ1) is 9.13. The molecule has 1 atom stereocenters. The van der Waals surface area contributed by atoms with Gasteiger partial charge in [0.15, 0.2) is 0 Å². The molecule has 1 fully saturated rings. The lowest BCUT2D eigenvalue weighted by molar-refractivity contribution is 0.213. The fourth-order valence-electron chi connectivity index (χ4n) is 2.77. The molecule has 2 aliphatic heterocycles. The molecule has 0 radical (unpaired) electrons. The average molecular weight is 283 g/mol. The smallest absolute Gasteiger partial charge is 0.243 e. The number of hydrogen-bond acceptors (Lipinski definition) is 4. The number of aliphatic hydroxyl groups excluding tert-OH is 1. The van der Waals surface area contributed by atoms with Gasteiger partial charge in [0, 0.05) is 19.0 Å². The van der Waals surface area contributed by atoms with E-state index in [-0.39, 0.29) is 12.6 Å². The van der Waals surface area contributed by atoms with Crippen LogP contribution in [0.4, 0.5) is 0 Å². The van der Waals surface area contributed by atoms with Gasteiger partial charge in [0.1, 0.15) is 5.75 Å². The number of aliphatic hydroxyl groups is 1. The maximum Gasteiger partial charge on any atom is 0.243 e. The summed E-state index contributed by atoms with van der Waals surface area (Å²) in [5.74, 6) is 0.777. The van der Waals surface area contributed by atoms with Crippen LogP contribution in [0.25, 0.3) is 0 Å². The number of sulfonamides is 1. The van der Waals surface area contributed by atoms with Crippen molar-refractivity contribution in [1.29, 1.82) is 0 Å². The summed E-state index contributed by atoms with van der Waals surface area (Å²) >= 11 is 0. The second-order valence-corrected chi connectivity index (χ2v) is 6.85. The van der Waals surface area contributed by atoms with E-state index in [2.05, 4.69) is 0 Å². The summed E-state index contributed by atoms with van der Waals surface area (Å²) in [6.45, 7) is 0.982. The summed E-state index contributed by atoms with van der Waals surface area (Å²) in [5, 5.41) is 9.28. The van der Waals surface area contributed by atoms with E-state index in [0.29, 0.717) is 18.0 Å². The van der Waals surface area contributed by atoms with Crippen molar-refractivity contribution in [3.05, 3.63) is 23.8 Å². The third kappa shape index (κ3) is 2.13. The molecule has 1 aromatic rings. The number of ether oxygens (including phenoxy) is 1. The Bertz CT molecular complexity index is 584. The zero-order chi connectivity index (χ0) is 13.5. The first-order valence-corrected chi connectivity index (χ1v) is 7.95. The zero-order valence-corrected chi connectivity index (χ0v) is 11.4. The molecule has 0 amide bonds. The Morgan fingerprint density at radius 3 is 3.05 bits per heavy atom. The van der Waals surface area contributed by atoms with Gasteiger partial charge in [-0.05, 0) is 36.6 Å². The second-order valence-electron chi connectivity index (χ2n) is 4.96. The van der Waals surface area contributed by atoms with Crippen molar-refractivity contribution in [1.82, 2.24) is 4.31 Å². The number of benzene rings is 1. The van der Waals surface area contributed by atoms with Crippen LogP contribution >= 0.6 is 0 Å². The van der Waals surface area contributed by atoms with Gasteiger partial charge in [0.25, 0.3) is 0 Å². The normalized spacial score (nSPS) is 23.3. The monoisotopic (exact) mass is 283 g/mol. The van der Waals surface area contributed by atoms with Crippen LogP contribution < -0.4 is 4.74 Å². The van der Waals surface area contributed by atoms with Gasteiger partial charge >= 0.3 is 0 Å². The first kappa shape index (κ1) is 12.9. The van der Waals surface area contributed by atoms with Crippen molar-refractivity contribution in [2.75, 3.05) is 19.8 Å². The first-order valence-electron chi connectivity index (χ1n) is 6.51. The molecule has 0 spiro atoms. The molecule has 1 saturated heterocycles. The summed E-state index contributed by atoms with van der Waals surface area (Å²) in [6, 6.07) is 4.73. The zero-order valence-electron chi connectivity index (χ0n) is 10.6. The highest BCUT2D eigenvalue weighted by molar-refractivity contribution is 7.89. The summed E-state index contributed by atoms with van der Waals surface area (Å²) in [5.41, 5.74) is 0.945. The molecule has 0 aliphatic carbocycles. The van der Waals surface area contributed by atoms with E-state index in [9.17, 15) is 13.5 Å². The minimum Gasteiger partial charge on any atom is -0.493 e. The van der Waals surface area contributed by atoms with Gasteiger partial charge in [-0.1, -0.05) is 0 Å². The number of hydrogen-bond donors (Lipinski definition) is 1. The lowest BCUT2D eigenvalue weighted by atomic mass is 10.2. The molecule has 3 rings (SSSR count). The Kier molecular flexibility index (Phi) is 3.24. The molecule has 5 nitrogen and oxygen atoms in total. The van der Waals surface area contributed by atoms with Crippen molar-refractivity contribution < 1.29 is 18.3 Å². The summed E-state index contributed by atoms with van der Waals surface area (Å²) in [7, 11) is -3.50. The van der Waals surface area contributed by atoms with Crippen LogP contribution in [-0.2, 0) is 16.4 Å². The van der Waals surface area contributed by atoms with E-state index in [1.54, 1.807) is 18.2 Å². The fourth-order valence-corrected chi connectivity index (χ4v) is 4.50. The van der Waals surface area contributed by atoms with Crippen LogP contribution in [0.3, 0.4) is 0 Å². The predicted molar refractivity (Wildman–Crippen MR) is 69.6 cm³/mol. The molecular formula is C13H17NO4S. The lowest BCUT2D eigenvalue weighted by Gasteiger charge is -2.22. The number of nitrogens with zero attached hydrogens (tertiary/aromatic N) is 1. The molecule has 2 heterocycles. The molecule has 19 heavy (non-hydrogen) atoms. The molecule has 0 aromatic heterocycles. The highest BCUT2D eigenvalue weighted by Gasteiger charge is 2.35. The highest BCUT2D eigenvalue weighted by Crippen LogP contribution is 2.31. The van der Waals surface area contributed by atoms with Crippen molar-refractivity contribution >= 4 is 10.0 Å². The number of fused-ring (bicyclic) bond motifs is 1. The highest BCUT2D eigenvalue weighted by atomic mass is 32.2. The van der Waals surface area contributed by atoms with Gasteiger partial charge in [-0.15, -0.1) is 0 Å². The largest absolute Gasteiger partial charge is 0.493 e. The average Bonchev–Trinajstić information content (AvgIpc) is 3.06. The Balaban J connectivity index is 1.96. The van der Waals surface area contributed by atoms with Gasteiger partial charge in [-0.2, -0.15) is 4.31 Å². The van der Waals surface area contributed by atoms with Crippen LogP contribution in [0.2, 0.25) is 0 Å². The van der Waals surface area contributed by atoms with Crippen molar-refractivity contribution in [3.63, 3.8) is 0 Å². The van der Waals surface area contributed by atoms with Gasteiger partial charge in [0.2, 0.25) is 10.0 Å². The fraction of sp³-hybridized carbons (Fsp3) is 0.538. The van der Waals surface area contributed by atoms with E-state index in [4.69, 9.17) is 4.74 Å². The molecule has 6 heteroatoms. The van der Waals surface area contributed by atoms with Crippen LogP contribution in [0, 0.1) is 0 Å². The molecule has 2 aliphatic rings. The Labute approximate surface area is 112 Å². The number of rotatable bonds is 3. The van der Waals surface area contributed by atoms with Gasteiger partial charge in [-0.3, -0.25) is 0 Å². The minimum absolute atomic E-state index is 0.118. The van der Waals surface area contributed by atoms with Crippen LogP contribution in [-0.4, -0.2) is 43.6 Å². The second kappa shape index (κ2) is 4.77. The molecule has 0 saturated carbocycles. The Hall–Kier alpha value is -1.11. The van der Waals surface area contributed by atoms with E-state index in [0.717, 1.165) is 30.6 Å². The molecule has 1 aromatic carbocycles. The van der Waals surface area contributed by atoms with Crippen LogP contribution in [0.15, 0.2) is 23.1 Å². The lowest BCUT2D eigenvalue weighted by Crippen LogP contribution is -2.37. The van der Waals surface area contributed by atoms with Crippen molar-refractivity contribution in [2.45, 2.75) is 30.2 Å². The van der Waals surface area contributed by atoms with Gasteiger partial charge in [-0.25, -0.2) is 8.42 Å². The van der Waals surface area contributed by atoms with Gasteiger partial charge in [0.05, 0.1) is 18.1 Å². The van der Waals surface area contributed by atoms with E-state index in [1.807, 2.05) is 0 Å².